The van der Waals surface area contributed by atoms with E-state index in [0.717, 1.165) is 40.5 Å². The van der Waals surface area contributed by atoms with Gasteiger partial charge in [0, 0.05) is 30.3 Å². The van der Waals surface area contributed by atoms with Crippen LogP contribution in [0.5, 0.6) is 5.75 Å². The van der Waals surface area contributed by atoms with E-state index in [4.69, 9.17) is 4.74 Å². The summed E-state index contributed by atoms with van der Waals surface area (Å²) in [6.07, 6.45) is 1.89. The van der Waals surface area contributed by atoms with Crippen molar-refractivity contribution in [1.29, 1.82) is 0 Å². The van der Waals surface area contributed by atoms with Gasteiger partial charge >= 0.3 is 0 Å². The fourth-order valence-electron chi connectivity index (χ4n) is 4.89. The molecule has 2 amide bonds. The zero-order valence-corrected chi connectivity index (χ0v) is 18.5. The van der Waals surface area contributed by atoms with Gasteiger partial charge in [-0.15, -0.1) is 0 Å². The van der Waals surface area contributed by atoms with Gasteiger partial charge in [-0.1, -0.05) is 42.5 Å². The summed E-state index contributed by atoms with van der Waals surface area (Å²) in [6.45, 7) is 5.13. The Bertz CT molecular complexity index is 1190. The lowest BCUT2D eigenvalue weighted by Gasteiger charge is -2.23. The van der Waals surface area contributed by atoms with E-state index in [1.165, 1.54) is 0 Å². The summed E-state index contributed by atoms with van der Waals surface area (Å²) in [5.74, 6) is 0.839. The first-order chi connectivity index (χ1) is 15.5. The summed E-state index contributed by atoms with van der Waals surface area (Å²) in [6, 6.07) is 20.2. The van der Waals surface area contributed by atoms with Gasteiger partial charge < -0.3 is 15.0 Å². The number of amides is 2. The van der Waals surface area contributed by atoms with Crippen LogP contribution >= 0.6 is 0 Å². The largest absolute Gasteiger partial charge is 0.490 e. The van der Waals surface area contributed by atoms with Crippen LogP contribution in [0.15, 0.2) is 60.7 Å². The summed E-state index contributed by atoms with van der Waals surface area (Å²) in [5.41, 5.74) is 2.79. The van der Waals surface area contributed by atoms with Crippen molar-refractivity contribution in [1.82, 2.24) is 10.2 Å². The first-order valence-corrected chi connectivity index (χ1v) is 11.4. The Hall–Kier alpha value is -3.34. The maximum absolute atomic E-state index is 13.3. The number of nitrogens with zero attached hydrogens (tertiary/aromatic N) is 1. The predicted octanol–water partition coefficient (Wildman–Crippen LogP) is 4.64. The van der Waals surface area contributed by atoms with Gasteiger partial charge in [0.25, 0.3) is 5.91 Å². The third-order valence-electron chi connectivity index (χ3n) is 6.42. The molecular formula is C27H28N2O3. The average molecular weight is 429 g/mol. The molecule has 2 atom stereocenters. The Morgan fingerprint density at radius 3 is 2.62 bits per heavy atom. The Kier molecular flexibility index (Phi) is 5.33. The fourth-order valence-corrected chi connectivity index (χ4v) is 4.89. The number of hydrogen-bond donors (Lipinski definition) is 1. The molecule has 0 spiro atoms. The molecule has 32 heavy (non-hydrogen) atoms. The molecule has 3 heterocycles. The Labute approximate surface area is 188 Å². The lowest BCUT2D eigenvalue weighted by atomic mass is 9.96. The van der Waals surface area contributed by atoms with Gasteiger partial charge in [0.15, 0.2) is 0 Å². The molecule has 0 radical (unpaired) electrons. The number of para-hydroxylation sites is 1. The number of piperidine rings is 1. The van der Waals surface area contributed by atoms with Crippen LogP contribution in [0.2, 0.25) is 0 Å². The molecule has 5 heteroatoms. The summed E-state index contributed by atoms with van der Waals surface area (Å²) in [5, 5.41) is 5.14. The summed E-state index contributed by atoms with van der Waals surface area (Å²) in [4.78, 5) is 27.3. The maximum atomic E-state index is 13.3. The Balaban J connectivity index is 1.49. The minimum Gasteiger partial charge on any atom is -0.490 e. The monoisotopic (exact) mass is 428 g/mol. The van der Waals surface area contributed by atoms with Crippen LogP contribution in [0.3, 0.4) is 0 Å². The van der Waals surface area contributed by atoms with Gasteiger partial charge in [-0.3, -0.25) is 9.59 Å². The van der Waals surface area contributed by atoms with Crippen molar-refractivity contribution in [3.05, 3.63) is 66.2 Å². The number of nitrogens with one attached hydrogen (secondary N) is 1. The standard InChI is InChI=1S/C27H28N2O3/c1-17(2)32-25-9-4-3-7-24(25)23-8-5-6-18-14-19(11-13-22(18)23)27(31)29-15-20-10-12-21(16-29)28-26(20)30/h3-9,11,13-14,17,20-21H,10,12,15-16H2,1-2H3,(H,28,30)/t20-,21+/m1/s1. The highest BCUT2D eigenvalue weighted by Crippen LogP contribution is 2.36. The molecule has 3 aliphatic rings. The summed E-state index contributed by atoms with van der Waals surface area (Å²) < 4.78 is 6.04. The third kappa shape index (κ3) is 3.83. The van der Waals surface area contributed by atoms with Crippen molar-refractivity contribution in [3.63, 3.8) is 0 Å². The van der Waals surface area contributed by atoms with E-state index in [0.29, 0.717) is 18.7 Å². The second-order valence-electron chi connectivity index (χ2n) is 9.09. The fraction of sp³-hybridized carbons (Fsp3) is 0.333. The predicted molar refractivity (Wildman–Crippen MR) is 126 cm³/mol. The quantitative estimate of drug-likeness (QED) is 0.658. The van der Waals surface area contributed by atoms with Crippen molar-refractivity contribution in [3.8, 4) is 16.9 Å². The average Bonchev–Trinajstić information content (AvgIpc) is 3.09. The molecule has 0 unspecified atom stereocenters. The third-order valence-corrected chi connectivity index (χ3v) is 6.42. The first kappa shape index (κ1) is 20.6. The Morgan fingerprint density at radius 1 is 1.00 bits per heavy atom. The maximum Gasteiger partial charge on any atom is 0.253 e. The van der Waals surface area contributed by atoms with E-state index in [9.17, 15) is 9.59 Å². The number of carbonyl (C=O) groups is 2. The number of carbonyl (C=O) groups excluding carboxylic acids is 2. The molecule has 3 aliphatic heterocycles. The number of rotatable bonds is 4. The van der Waals surface area contributed by atoms with Crippen molar-refractivity contribution in [2.75, 3.05) is 13.1 Å². The van der Waals surface area contributed by atoms with Gasteiger partial charge in [0.1, 0.15) is 5.75 Å². The summed E-state index contributed by atoms with van der Waals surface area (Å²) in [7, 11) is 0. The SMILES string of the molecule is CC(C)Oc1ccccc1-c1cccc2cc(C(=O)N3C[C@@H]4CC[C@H](C3)C(=O)N4)ccc12. The van der Waals surface area contributed by atoms with Crippen LogP contribution in [0.25, 0.3) is 21.9 Å². The molecule has 0 saturated carbocycles. The molecule has 6 rings (SSSR count). The van der Waals surface area contributed by atoms with Gasteiger partial charge in [-0.05, 0) is 61.2 Å². The second-order valence-corrected chi connectivity index (χ2v) is 9.09. The number of ether oxygens (including phenoxy) is 1. The van der Waals surface area contributed by atoms with Crippen molar-refractivity contribution in [2.24, 2.45) is 5.92 Å². The highest BCUT2D eigenvalue weighted by atomic mass is 16.5. The molecule has 3 saturated heterocycles. The van der Waals surface area contributed by atoms with E-state index in [1.54, 1.807) is 0 Å². The second kappa shape index (κ2) is 8.30. The Morgan fingerprint density at radius 2 is 1.81 bits per heavy atom. The lowest BCUT2D eigenvalue weighted by Crippen LogP contribution is -2.43. The van der Waals surface area contributed by atoms with Crippen LogP contribution in [0.1, 0.15) is 37.0 Å². The summed E-state index contributed by atoms with van der Waals surface area (Å²) >= 11 is 0. The van der Waals surface area contributed by atoms with E-state index >= 15 is 0 Å². The van der Waals surface area contributed by atoms with Gasteiger partial charge in [0.2, 0.25) is 5.91 Å². The van der Waals surface area contributed by atoms with Crippen LogP contribution in [0, 0.1) is 5.92 Å². The van der Waals surface area contributed by atoms with E-state index < -0.39 is 0 Å². The number of fused-ring (bicyclic) bond motifs is 5. The normalized spacial score (nSPS) is 20.3. The molecule has 5 nitrogen and oxygen atoms in total. The van der Waals surface area contributed by atoms with Gasteiger partial charge in [-0.25, -0.2) is 0 Å². The molecule has 0 aromatic heterocycles. The topological polar surface area (TPSA) is 58.6 Å². The van der Waals surface area contributed by atoms with Crippen molar-refractivity contribution in [2.45, 2.75) is 38.8 Å². The molecule has 2 bridgehead atoms. The van der Waals surface area contributed by atoms with E-state index in [2.05, 4.69) is 17.4 Å². The molecule has 0 aliphatic carbocycles. The van der Waals surface area contributed by atoms with Gasteiger partial charge in [-0.2, -0.15) is 0 Å². The van der Waals surface area contributed by atoms with Crippen LogP contribution < -0.4 is 10.1 Å². The van der Waals surface area contributed by atoms with Crippen molar-refractivity contribution >= 4 is 22.6 Å². The van der Waals surface area contributed by atoms with Crippen molar-refractivity contribution < 1.29 is 14.3 Å². The van der Waals surface area contributed by atoms with Crippen LogP contribution in [0.4, 0.5) is 0 Å². The zero-order chi connectivity index (χ0) is 22.2. The highest BCUT2D eigenvalue weighted by Gasteiger charge is 2.36. The number of benzene rings is 3. The molecule has 1 N–H and O–H groups in total. The van der Waals surface area contributed by atoms with E-state index in [-0.39, 0.29) is 29.9 Å². The smallest absolute Gasteiger partial charge is 0.253 e. The highest BCUT2D eigenvalue weighted by molar-refractivity contribution is 6.03. The van der Waals surface area contributed by atoms with Crippen LogP contribution in [-0.4, -0.2) is 41.9 Å². The van der Waals surface area contributed by atoms with E-state index in [1.807, 2.05) is 67.3 Å². The first-order valence-electron chi connectivity index (χ1n) is 11.4. The molecule has 3 aromatic rings. The van der Waals surface area contributed by atoms with Crippen LogP contribution in [-0.2, 0) is 4.79 Å². The molecule has 164 valence electrons. The zero-order valence-electron chi connectivity index (χ0n) is 18.5. The molecule has 3 aromatic carbocycles. The minimum absolute atomic E-state index is 0.00533. The molecule has 3 fully saturated rings. The molecular weight excluding hydrogens is 400 g/mol. The van der Waals surface area contributed by atoms with Gasteiger partial charge in [0.05, 0.1) is 12.0 Å². The number of hydrogen-bond acceptors (Lipinski definition) is 3. The lowest BCUT2D eigenvalue weighted by molar-refractivity contribution is -0.126. The minimum atomic E-state index is -0.0952.